The first-order chi connectivity index (χ1) is 15.5. The molecule has 0 spiro atoms. The second-order valence-corrected chi connectivity index (χ2v) is 8.70. The lowest BCUT2D eigenvalue weighted by atomic mass is 10.1. The van der Waals surface area contributed by atoms with Crippen LogP contribution in [0.3, 0.4) is 0 Å². The van der Waals surface area contributed by atoms with E-state index >= 15 is 0 Å². The summed E-state index contributed by atoms with van der Waals surface area (Å²) in [5, 5.41) is 3.27. The summed E-state index contributed by atoms with van der Waals surface area (Å²) in [7, 11) is 0. The van der Waals surface area contributed by atoms with Crippen molar-refractivity contribution in [2.45, 2.75) is 13.8 Å². The van der Waals surface area contributed by atoms with Gasteiger partial charge < -0.3 is 15.1 Å². The van der Waals surface area contributed by atoms with Crippen molar-refractivity contribution in [3.05, 3.63) is 65.1 Å². The van der Waals surface area contributed by atoms with Crippen LogP contribution >= 0.6 is 11.3 Å². The van der Waals surface area contributed by atoms with Gasteiger partial charge in [0.25, 0.3) is 5.91 Å². The second-order valence-electron chi connectivity index (χ2n) is 7.82. The fourth-order valence-corrected chi connectivity index (χ4v) is 4.54. The van der Waals surface area contributed by atoms with Crippen molar-refractivity contribution in [3.8, 4) is 0 Å². The molecule has 8 nitrogen and oxygen atoms in total. The van der Waals surface area contributed by atoms with E-state index in [0.717, 1.165) is 27.4 Å². The molecule has 0 unspecified atom stereocenters. The molecular weight excluding hydrogens is 422 g/mol. The number of thiazole rings is 1. The Balaban J connectivity index is 1.27. The van der Waals surface area contributed by atoms with E-state index in [1.165, 1.54) is 0 Å². The van der Waals surface area contributed by atoms with Gasteiger partial charge in [-0.15, -0.1) is 11.3 Å². The quantitative estimate of drug-likeness (QED) is 0.511. The van der Waals surface area contributed by atoms with Gasteiger partial charge >= 0.3 is 0 Å². The highest BCUT2D eigenvalue weighted by Crippen LogP contribution is 2.23. The number of amides is 1. The lowest BCUT2D eigenvalue weighted by Gasteiger charge is -2.35. The van der Waals surface area contributed by atoms with Crippen molar-refractivity contribution >= 4 is 44.9 Å². The van der Waals surface area contributed by atoms with Crippen LogP contribution in [-0.2, 0) is 0 Å². The van der Waals surface area contributed by atoms with E-state index < -0.39 is 0 Å². The van der Waals surface area contributed by atoms with Gasteiger partial charge in [-0.1, -0.05) is 0 Å². The predicted octanol–water partition coefficient (Wildman–Crippen LogP) is 3.80. The fourth-order valence-electron chi connectivity index (χ4n) is 3.82. The van der Waals surface area contributed by atoms with Gasteiger partial charge in [0.2, 0.25) is 0 Å². The molecule has 1 fully saturated rings. The topological polar surface area (TPSA) is 87.1 Å². The molecule has 0 bridgehead atoms. The van der Waals surface area contributed by atoms with Crippen LogP contribution in [0.4, 0.5) is 17.5 Å². The minimum absolute atomic E-state index is 0.0618. The minimum atomic E-state index is 0.0618. The maximum absolute atomic E-state index is 13.0. The number of hydrogen-bond donors (Lipinski definition) is 1. The van der Waals surface area contributed by atoms with Gasteiger partial charge in [0.15, 0.2) is 0 Å². The molecule has 9 heteroatoms. The van der Waals surface area contributed by atoms with Gasteiger partial charge in [0, 0.05) is 44.0 Å². The first-order valence-corrected chi connectivity index (χ1v) is 11.4. The van der Waals surface area contributed by atoms with E-state index in [0.29, 0.717) is 43.4 Å². The van der Waals surface area contributed by atoms with Gasteiger partial charge in [0.1, 0.15) is 23.3 Å². The number of aryl methyl sites for hydroxylation is 2. The monoisotopic (exact) mass is 445 g/mol. The molecule has 0 aliphatic carbocycles. The van der Waals surface area contributed by atoms with Crippen LogP contribution in [0.2, 0.25) is 0 Å². The van der Waals surface area contributed by atoms with Crippen molar-refractivity contribution in [3.63, 3.8) is 0 Å². The Morgan fingerprint density at radius 1 is 0.969 bits per heavy atom. The van der Waals surface area contributed by atoms with E-state index in [1.54, 1.807) is 23.0 Å². The number of piperazine rings is 1. The summed E-state index contributed by atoms with van der Waals surface area (Å²) in [6.45, 7) is 6.63. The molecule has 1 aromatic carbocycles. The van der Waals surface area contributed by atoms with E-state index in [1.807, 2.05) is 55.1 Å². The van der Waals surface area contributed by atoms with Crippen LogP contribution in [0.1, 0.15) is 21.7 Å². The highest BCUT2D eigenvalue weighted by Gasteiger charge is 2.24. The van der Waals surface area contributed by atoms with E-state index in [9.17, 15) is 4.79 Å². The van der Waals surface area contributed by atoms with Crippen LogP contribution in [0, 0.1) is 13.8 Å². The third kappa shape index (κ3) is 4.24. The molecule has 1 amide bonds. The Bertz CT molecular complexity index is 1280. The van der Waals surface area contributed by atoms with Crippen LogP contribution in [0.25, 0.3) is 10.2 Å². The number of anilines is 3. The highest BCUT2D eigenvalue weighted by atomic mass is 32.1. The molecular formula is C23H23N7OS. The summed E-state index contributed by atoms with van der Waals surface area (Å²) < 4.78 is 1.04. The number of aromatic nitrogens is 4. The Morgan fingerprint density at radius 2 is 1.81 bits per heavy atom. The average Bonchev–Trinajstić information content (AvgIpc) is 3.26. The van der Waals surface area contributed by atoms with Crippen LogP contribution in [-0.4, -0.2) is 56.9 Å². The van der Waals surface area contributed by atoms with Crippen LogP contribution in [0.5, 0.6) is 0 Å². The molecule has 32 heavy (non-hydrogen) atoms. The van der Waals surface area contributed by atoms with E-state index in [-0.39, 0.29) is 5.91 Å². The number of rotatable bonds is 4. The molecule has 1 aliphatic heterocycles. The molecule has 1 aliphatic rings. The summed E-state index contributed by atoms with van der Waals surface area (Å²) >= 11 is 1.55. The molecule has 0 radical (unpaired) electrons. The number of pyridine rings is 1. The number of benzene rings is 1. The first kappa shape index (κ1) is 20.3. The van der Waals surface area contributed by atoms with Gasteiger partial charge in [-0.2, -0.15) is 0 Å². The lowest BCUT2D eigenvalue weighted by molar-refractivity contribution is 0.0746. The lowest BCUT2D eigenvalue weighted by Crippen LogP contribution is -2.49. The predicted molar refractivity (Wildman–Crippen MR) is 127 cm³/mol. The summed E-state index contributed by atoms with van der Waals surface area (Å²) in [4.78, 5) is 34.8. The van der Waals surface area contributed by atoms with E-state index in [2.05, 4.69) is 30.2 Å². The summed E-state index contributed by atoms with van der Waals surface area (Å²) in [6, 6.07) is 11.6. The van der Waals surface area contributed by atoms with Crippen molar-refractivity contribution in [2.75, 3.05) is 36.4 Å². The normalized spacial score (nSPS) is 14.1. The van der Waals surface area contributed by atoms with Crippen molar-refractivity contribution in [2.24, 2.45) is 0 Å². The minimum Gasteiger partial charge on any atom is -0.353 e. The molecule has 162 valence electrons. The SMILES string of the molecule is Cc1ccnc(Nc2cc(N3CCN(C(=O)c4ccc5ncsc5c4)CC3)nc(C)n2)c1. The average molecular weight is 446 g/mol. The molecule has 3 aromatic heterocycles. The molecule has 4 aromatic rings. The van der Waals surface area contributed by atoms with Crippen molar-refractivity contribution < 1.29 is 4.79 Å². The first-order valence-electron chi connectivity index (χ1n) is 10.5. The Hall–Kier alpha value is -3.59. The molecule has 1 saturated heterocycles. The van der Waals surface area contributed by atoms with Crippen LogP contribution < -0.4 is 10.2 Å². The number of nitrogens with one attached hydrogen (secondary N) is 1. The van der Waals surface area contributed by atoms with E-state index in [4.69, 9.17) is 0 Å². The van der Waals surface area contributed by atoms with Crippen LogP contribution in [0.15, 0.2) is 48.1 Å². The smallest absolute Gasteiger partial charge is 0.254 e. The molecule has 4 heterocycles. The molecule has 0 saturated carbocycles. The fraction of sp³-hybridized carbons (Fsp3) is 0.261. The summed E-state index contributed by atoms with van der Waals surface area (Å²) in [5.74, 6) is 3.07. The Labute approximate surface area is 190 Å². The number of carbonyl (C=O) groups is 1. The van der Waals surface area contributed by atoms with Gasteiger partial charge in [-0.3, -0.25) is 4.79 Å². The number of fused-ring (bicyclic) bond motifs is 1. The number of hydrogen-bond acceptors (Lipinski definition) is 8. The zero-order valence-corrected chi connectivity index (χ0v) is 18.8. The molecule has 5 rings (SSSR count). The zero-order valence-electron chi connectivity index (χ0n) is 17.9. The highest BCUT2D eigenvalue weighted by molar-refractivity contribution is 7.16. The summed E-state index contributed by atoms with van der Waals surface area (Å²) in [6.07, 6.45) is 1.77. The Kier molecular flexibility index (Phi) is 5.40. The Morgan fingerprint density at radius 3 is 2.62 bits per heavy atom. The van der Waals surface area contributed by atoms with Gasteiger partial charge in [-0.05, 0) is 49.7 Å². The standard InChI is InChI=1S/C23H23N7OS/c1-15-5-6-24-20(11-15)28-21-13-22(27-16(2)26-21)29-7-9-30(10-8-29)23(31)17-3-4-18-19(12-17)32-14-25-18/h3-6,11-14H,7-10H2,1-2H3,(H,24,26,27,28). The molecule has 0 atom stereocenters. The van der Waals surface area contributed by atoms with Gasteiger partial charge in [-0.25, -0.2) is 19.9 Å². The second kappa shape index (κ2) is 8.51. The summed E-state index contributed by atoms with van der Waals surface area (Å²) in [5.41, 5.74) is 4.58. The maximum atomic E-state index is 13.0. The maximum Gasteiger partial charge on any atom is 0.254 e. The number of carbonyl (C=O) groups excluding carboxylic acids is 1. The third-order valence-corrected chi connectivity index (χ3v) is 6.26. The van der Waals surface area contributed by atoms with Crippen molar-refractivity contribution in [1.29, 1.82) is 0 Å². The zero-order chi connectivity index (χ0) is 22.1. The van der Waals surface area contributed by atoms with Gasteiger partial charge in [0.05, 0.1) is 15.7 Å². The third-order valence-electron chi connectivity index (χ3n) is 5.47. The number of nitrogens with zero attached hydrogens (tertiary/aromatic N) is 6. The van der Waals surface area contributed by atoms with Crippen molar-refractivity contribution in [1.82, 2.24) is 24.8 Å². The molecule has 1 N–H and O–H groups in total. The largest absolute Gasteiger partial charge is 0.353 e.